The number of rotatable bonds is 9. The highest BCUT2D eigenvalue weighted by Gasteiger charge is 2.20. The molecule has 1 amide bonds. The lowest BCUT2D eigenvalue weighted by molar-refractivity contribution is 0.0972. The standard InChI is InChI=1S/C20H28ClN5O2.HI/c1-4-26(5-2)17(15-8-6-7-9-16(15)21)13-25-20(23-3)24-12-14-10-11-18(28-14)19(22)27;/h6-11,17H,4-5,12-13H2,1-3H3,(H2,22,27)(H2,23,24,25);1H. The van der Waals surface area contributed by atoms with Crippen molar-refractivity contribution in [3.05, 3.63) is 58.5 Å². The molecule has 1 heterocycles. The predicted molar refractivity (Wildman–Crippen MR) is 128 cm³/mol. The first kappa shape index (κ1) is 25.3. The summed E-state index contributed by atoms with van der Waals surface area (Å²) >= 11 is 6.44. The van der Waals surface area contributed by atoms with Gasteiger partial charge in [0.05, 0.1) is 12.6 Å². The second kappa shape index (κ2) is 12.7. The molecule has 0 saturated heterocycles. The molecule has 0 aliphatic carbocycles. The highest BCUT2D eigenvalue weighted by molar-refractivity contribution is 14.0. The Morgan fingerprint density at radius 1 is 1.21 bits per heavy atom. The van der Waals surface area contributed by atoms with Gasteiger partial charge in [0, 0.05) is 18.6 Å². The summed E-state index contributed by atoms with van der Waals surface area (Å²) in [6.45, 7) is 7.09. The number of carbonyl (C=O) groups is 1. The highest BCUT2D eigenvalue weighted by atomic mass is 127. The fourth-order valence-corrected chi connectivity index (χ4v) is 3.30. The van der Waals surface area contributed by atoms with Crippen molar-refractivity contribution >= 4 is 47.4 Å². The zero-order chi connectivity index (χ0) is 20.5. The maximum atomic E-state index is 11.1. The number of primary amides is 1. The first-order chi connectivity index (χ1) is 13.5. The summed E-state index contributed by atoms with van der Waals surface area (Å²) in [6, 6.07) is 11.3. The third-order valence-electron chi connectivity index (χ3n) is 4.54. The molecule has 1 unspecified atom stereocenters. The lowest BCUT2D eigenvalue weighted by Crippen LogP contribution is -2.43. The fraction of sp³-hybridized carbons (Fsp3) is 0.400. The summed E-state index contributed by atoms with van der Waals surface area (Å²) in [4.78, 5) is 17.7. The molecule has 0 aliphatic heterocycles. The first-order valence-corrected chi connectivity index (χ1v) is 9.69. The van der Waals surface area contributed by atoms with Gasteiger partial charge < -0.3 is 20.8 Å². The lowest BCUT2D eigenvalue weighted by atomic mass is 10.0. The fourth-order valence-electron chi connectivity index (χ4n) is 3.04. The summed E-state index contributed by atoms with van der Waals surface area (Å²) in [7, 11) is 1.70. The molecular weight excluding hydrogens is 505 g/mol. The van der Waals surface area contributed by atoms with Crippen molar-refractivity contribution in [2.75, 3.05) is 26.7 Å². The summed E-state index contributed by atoms with van der Waals surface area (Å²) in [5, 5.41) is 7.27. The van der Waals surface area contributed by atoms with Gasteiger partial charge in [-0.25, -0.2) is 0 Å². The van der Waals surface area contributed by atoms with E-state index in [1.807, 2.05) is 18.2 Å². The molecule has 9 heteroatoms. The quantitative estimate of drug-likeness (QED) is 0.261. The number of furan rings is 1. The van der Waals surface area contributed by atoms with Gasteiger partial charge in [0.2, 0.25) is 0 Å². The van der Waals surface area contributed by atoms with E-state index in [1.165, 1.54) is 0 Å². The van der Waals surface area contributed by atoms with Gasteiger partial charge in [-0.2, -0.15) is 0 Å². The number of nitrogens with zero attached hydrogens (tertiary/aromatic N) is 2. The van der Waals surface area contributed by atoms with Crippen molar-refractivity contribution in [3.63, 3.8) is 0 Å². The van der Waals surface area contributed by atoms with E-state index in [-0.39, 0.29) is 35.8 Å². The molecule has 2 rings (SSSR count). The van der Waals surface area contributed by atoms with E-state index in [4.69, 9.17) is 21.8 Å². The molecule has 7 nitrogen and oxygen atoms in total. The van der Waals surface area contributed by atoms with Crippen molar-refractivity contribution in [1.29, 1.82) is 0 Å². The van der Waals surface area contributed by atoms with E-state index in [9.17, 15) is 4.79 Å². The molecule has 29 heavy (non-hydrogen) atoms. The second-order valence-corrected chi connectivity index (χ2v) is 6.60. The SMILES string of the molecule is CCN(CC)C(CNC(=NC)NCc1ccc(C(N)=O)o1)c1ccccc1Cl.I. The third-order valence-corrected chi connectivity index (χ3v) is 4.88. The van der Waals surface area contributed by atoms with Crippen LogP contribution >= 0.6 is 35.6 Å². The van der Waals surface area contributed by atoms with Gasteiger partial charge in [-0.15, -0.1) is 24.0 Å². The molecule has 2 aromatic rings. The van der Waals surface area contributed by atoms with Gasteiger partial charge in [0.25, 0.3) is 5.91 Å². The van der Waals surface area contributed by atoms with Crippen LogP contribution < -0.4 is 16.4 Å². The van der Waals surface area contributed by atoms with Crippen LogP contribution in [0, 0.1) is 0 Å². The van der Waals surface area contributed by atoms with Gasteiger partial charge in [-0.3, -0.25) is 14.7 Å². The number of hydrogen-bond acceptors (Lipinski definition) is 4. The Morgan fingerprint density at radius 3 is 2.45 bits per heavy atom. The Balaban J connectivity index is 0.00000420. The summed E-state index contributed by atoms with van der Waals surface area (Å²) in [5.74, 6) is 0.778. The number of carbonyl (C=O) groups excluding carboxylic acids is 1. The van der Waals surface area contributed by atoms with Crippen LogP contribution in [0.3, 0.4) is 0 Å². The third kappa shape index (κ3) is 7.20. The topological polar surface area (TPSA) is 95.9 Å². The van der Waals surface area contributed by atoms with Crippen LogP contribution in [0.4, 0.5) is 0 Å². The smallest absolute Gasteiger partial charge is 0.284 e. The summed E-state index contributed by atoms with van der Waals surface area (Å²) in [5.41, 5.74) is 6.28. The van der Waals surface area contributed by atoms with E-state index in [0.29, 0.717) is 24.8 Å². The normalized spacial score (nSPS) is 12.4. The Morgan fingerprint density at radius 2 is 1.90 bits per heavy atom. The maximum absolute atomic E-state index is 11.1. The molecule has 1 atom stereocenters. The van der Waals surface area contributed by atoms with Crippen molar-refractivity contribution in [2.45, 2.75) is 26.4 Å². The average Bonchev–Trinajstić information content (AvgIpc) is 3.17. The van der Waals surface area contributed by atoms with Gasteiger partial charge in [-0.1, -0.05) is 43.6 Å². The summed E-state index contributed by atoms with van der Waals surface area (Å²) in [6.07, 6.45) is 0. The first-order valence-electron chi connectivity index (χ1n) is 9.31. The van der Waals surface area contributed by atoms with Crippen LogP contribution in [-0.4, -0.2) is 43.4 Å². The molecule has 0 aliphatic rings. The number of guanidine groups is 1. The predicted octanol–water partition coefficient (Wildman–Crippen LogP) is 3.40. The minimum atomic E-state index is -0.587. The Kier molecular flexibility index (Phi) is 11.1. The van der Waals surface area contributed by atoms with E-state index < -0.39 is 5.91 Å². The molecular formula is C20H29ClIN5O2. The number of aliphatic imine (C=N–C) groups is 1. The molecule has 0 radical (unpaired) electrons. The number of amides is 1. The number of nitrogens with two attached hydrogens (primary N) is 1. The van der Waals surface area contributed by atoms with Crippen molar-refractivity contribution in [1.82, 2.24) is 15.5 Å². The number of nitrogens with one attached hydrogen (secondary N) is 2. The molecule has 0 spiro atoms. The highest BCUT2D eigenvalue weighted by Crippen LogP contribution is 2.26. The largest absolute Gasteiger partial charge is 0.454 e. The van der Waals surface area contributed by atoms with Gasteiger partial charge in [0.1, 0.15) is 5.76 Å². The van der Waals surface area contributed by atoms with Crippen LogP contribution in [0.1, 0.15) is 41.8 Å². The van der Waals surface area contributed by atoms with Crippen molar-refractivity contribution in [2.24, 2.45) is 10.7 Å². The Bertz CT molecular complexity index is 808. The number of benzene rings is 1. The zero-order valence-electron chi connectivity index (χ0n) is 16.9. The average molecular weight is 534 g/mol. The number of likely N-dealkylation sites (N-methyl/N-ethyl adjacent to an activating group) is 1. The van der Waals surface area contributed by atoms with Gasteiger partial charge in [0.15, 0.2) is 11.7 Å². The maximum Gasteiger partial charge on any atom is 0.284 e. The second-order valence-electron chi connectivity index (χ2n) is 6.20. The Hall–Kier alpha value is -1.78. The van der Waals surface area contributed by atoms with Crippen molar-refractivity contribution < 1.29 is 9.21 Å². The molecule has 0 bridgehead atoms. The zero-order valence-corrected chi connectivity index (χ0v) is 20.0. The van der Waals surface area contributed by atoms with Crippen LogP contribution in [-0.2, 0) is 6.54 Å². The van der Waals surface area contributed by atoms with E-state index in [2.05, 4.69) is 40.4 Å². The van der Waals surface area contributed by atoms with E-state index >= 15 is 0 Å². The molecule has 160 valence electrons. The molecule has 4 N–H and O–H groups in total. The number of halogens is 2. The molecule has 0 saturated carbocycles. The lowest BCUT2D eigenvalue weighted by Gasteiger charge is -2.31. The van der Waals surface area contributed by atoms with Crippen LogP contribution in [0.2, 0.25) is 5.02 Å². The minimum absolute atomic E-state index is 0. The monoisotopic (exact) mass is 533 g/mol. The summed E-state index contributed by atoms with van der Waals surface area (Å²) < 4.78 is 5.38. The van der Waals surface area contributed by atoms with Crippen LogP contribution in [0.15, 0.2) is 45.8 Å². The van der Waals surface area contributed by atoms with Gasteiger partial charge in [-0.05, 0) is 36.9 Å². The Labute approximate surface area is 194 Å². The van der Waals surface area contributed by atoms with Crippen molar-refractivity contribution in [3.8, 4) is 0 Å². The van der Waals surface area contributed by atoms with Crippen LogP contribution in [0.5, 0.6) is 0 Å². The molecule has 1 aromatic carbocycles. The number of hydrogen-bond donors (Lipinski definition) is 3. The molecule has 0 fully saturated rings. The van der Waals surface area contributed by atoms with E-state index in [0.717, 1.165) is 23.7 Å². The minimum Gasteiger partial charge on any atom is -0.454 e. The van der Waals surface area contributed by atoms with E-state index in [1.54, 1.807) is 19.2 Å². The van der Waals surface area contributed by atoms with Crippen LogP contribution in [0.25, 0.3) is 0 Å². The molecule has 1 aromatic heterocycles. The van der Waals surface area contributed by atoms with Gasteiger partial charge >= 0.3 is 0 Å².